The SMILES string of the molecule is CC(C)(C#N)C(=O)/C=C/c1ccncc1. The minimum atomic E-state index is -0.955. The fourth-order valence-electron chi connectivity index (χ4n) is 0.910. The van der Waals surface area contributed by atoms with Gasteiger partial charge in [0, 0.05) is 12.4 Å². The summed E-state index contributed by atoms with van der Waals surface area (Å²) in [5.74, 6) is -0.193. The van der Waals surface area contributed by atoms with Gasteiger partial charge in [-0.05, 0) is 37.6 Å². The molecule has 0 amide bonds. The van der Waals surface area contributed by atoms with E-state index in [0.717, 1.165) is 5.56 Å². The molecule has 0 aliphatic heterocycles. The molecule has 0 saturated heterocycles. The van der Waals surface area contributed by atoms with Crippen LogP contribution in [0.5, 0.6) is 0 Å². The Morgan fingerprint density at radius 3 is 2.60 bits per heavy atom. The zero-order chi connectivity index (χ0) is 11.3. The van der Waals surface area contributed by atoms with E-state index in [9.17, 15) is 4.79 Å². The molecule has 76 valence electrons. The number of rotatable bonds is 3. The second kappa shape index (κ2) is 4.52. The molecule has 3 heteroatoms. The van der Waals surface area contributed by atoms with Gasteiger partial charge in [-0.15, -0.1) is 0 Å². The standard InChI is InChI=1S/C12H12N2O/c1-12(2,9-13)11(15)4-3-10-5-7-14-8-6-10/h3-8H,1-2H3/b4-3+. The van der Waals surface area contributed by atoms with Crippen LogP contribution in [0.25, 0.3) is 6.08 Å². The molecule has 0 saturated carbocycles. The van der Waals surface area contributed by atoms with Crippen LogP contribution < -0.4 is 0 Å². The van der Waals surface area contributed by atoms with Crippen LogP contribution in [0.3, 0.4) is 0 Å². The second-order valence-electron chi connectivity index (χ2n) is 3.71. The first-order valence-electron chi connectivity index (χ1n) is 4.60. The number of allylic oxidation sites excluding steroid dienone is 1. The van der Waals surface area contributed by atoms with Crippen molar-refractivity contribution >= 4 is 11.9 Å². The Bertz CT molecular complexity index is 413. The highest BCUT2D eigenvalue weighted by atomic mass is 16.1. The Labute approximate surface area is 89.1 Å². The lowest BCUT2D eigenvalue weighted by molar-refractivity contribution is -0.119. The van der Waals surface area contributed by atoms with Crippen LogP contribution in [0.4, 0.5) is 0 Å². The molecule has 0 atom stereocenters. The number of ketones is 1. The fourth-order valence-corrected chi connectivity index (χ4v) is 0.910. The molecule has 1 rings (SSSR count). The summed E-state index contributed by atoms with van der Waals surface area (Å²) in [7, 11) is 0. The third-order valence-corrected chi connectivity index (χ3v) is 2.03. The molecule has 1 aromatic rings. The minimum absolute atomic E-state index is 0.193. The van der Waals surface area contributed by atoms with Crippen LogP contribution in [0, 0.1) is 16.7 Å². The lowest BCUT2D eigenvalue weighted by Crippen LogP contribution is -2.19. The van der Waals surface area contributed by atoms with Crippen LogP contribution in [0.1, 0.15) is 19.4 Å². The van der Waals surface area contributed by atoms with Crippen molar-refractivity contribution in [2.24, 2.45) is 5.41 Å². The van der Waals surface area contributed by atoms with Crippen LogP contribution in [-0.2, 0) is 4.79 Å². The Balaban J connectivity index is 2.77. The summed E-state index contributed by atoms with van der Waals surface area (Å²) >= 11 is 0. The van der Waals surface area contributed by atoms with E-state index >= 15 is 0 Å². The molecule has 1 aromatic heterocycles. The van der Waals surface area contributed by atoms with Crippen molar-refractivity contribution in [1.29, 1.82) is 5.26 Å². The van der Waals surface area contributed by atoms with Crippen molar-refractivity contribution in [2.75, 3.05) is 0 Å². The first kappa shape index (κ1) is 11.1. The van der Waals surface area contributed by atoms with Gasteiger partial charge in [0.1, 0.15) is 5.41 Å². The highest BCUT2D eigenvalue weighted by Crippen LogP contribution is 2.15. The van der Waals surface area contributed by atoms with Crippen molar-refractivity contribution in [3.8, 4) is 6.07 Å². The van der Waals surface area contributed by atoms with E-state index in [1.54, 1.807) is 44.4 Å². The van der Waals surface area contributed by atoms with Gasteiger partial charge in [-0.1, -0.05) is 6.08 Å². The molecule has 0 bridgehead atoms. The van der Waals surface area contributed by atoms with Crippen molar-refractivity contribution in [2.45, 2.75) is 13.8 Å². The zero-order valence-electron chi connectivity index (χ0n) is 8.77. The number of hydrogen-bond acceptors (Lipinski definition) is 3. The predicted molar refractivity (Wildman–Crippen MR) is 57.7 cm³/mol. The Morgan fingerprint density at radius 1 is 1.47 bits per heavy atom. The summed E-state index contributed by atoms with van der Waals surface area (Å²) in [4.78, 5) is 15.4. The highest BCUT2D eigenvalue weighted by molar-refractivity contribution is 5.99. The molecule has 0 unspecified atom stereocenters. The van der Waals surface area contributed by atoms with Gasteiger partial charge in [0.2, 0.25) is 0 Å². The zero-order valence-corrected chi connectivity index (χ0v) is 8.77. The lowest BCUT2D eigenvalue weighted by Gasteiger charge is -2.09. The maximum Gasteiger partial charge on any atom is 0.175 e. The molecule has 0 fully saturated rings. The van der Waals surface area contributed by atoms with E-state index in [2.05, 4.69) is 4.98 Å². The highest BCUT2D eigenvalue weighted by Gasteiger charge is 2.24. The average Bonchev–Trinajstić information content (AvgIpc) is 2.27. The summed E-state index contributed by atoms with van der Waals surface area (Å²) < 4.78 is 0. The Morgan fingerprint density at radius 2 is 2.07 bits per heavy atom. The molecule has 0 radical (unpaired) electrons. The van der Waals surface area contributed by atoms with E-state index in [1.807, 2.05) is 6.07 Å². The first-order chi connectivity index (χ1) is 7.06. The minimum Gasteiger partial charge on any atom is -0.293 e. The number of pyridine rings is 1. The molecule has 1 heterocycles. The molecule has 0 aromatic carbocycles. The number of carbonyl (C=O) groups is 1. The molecular weight excluding hydrogens is 188 g/mol. The predicted octanol–water partition coefficient (Wildman–Crippen LogP) is 2.21. The summed E-state index contributed by atoms with van der Waals surface area (Å²) in [5, 5.41) is 8.75. The number of aromatic nitrogens is 1. The number of carbonyl (C=O) groups excluding carboxylic acids is 1. The molecule has 0 spiro atoms. The van der Waals surface area contributed by atoms with Crippen LogP contribution >= 0.6 is 0 Å². The van der Waals surface area contributed by atoms with Crippen LogP contribution in [0.2, 0.25) is 0 Å². The summed E-state index contributed by atoms with van der Waals surface area (Å²) in [6.45, 7) is 3.21. The smallest absolute Gasteiger partial charge is 0.175 e. The van der Waals surface area contributed by atoms with Gasteiger partial charge < -0.3 is 0 Å². The van der Waals surface area contributed by atoms with Gasteiger partial charge >= 0.3 is 0 Å². The normalized spacial score (nSPS) is 11.3. The topological polar surface area (TPSA) is 53.8 Å². The van der Waals surface area contributed by atoms with Crippen molar-refractivity contribution in [3.05, 3.63) is 36.2 Å². The largest absolute Gasteiger partial charge is 0.293 e. The van der Waals surface area contributed by atoms with Gasteiger partial charge in [-0.3, -0.25) is 9.78 Å². The average molecular weight is 200 g/mol. The fraction of sp³-hybridized carbons (Fsp3) is 0.250. The molecule has 0 N–H and O–H groups in total. The van der Waals surface area contributed by atoms with Gasteiger partial charge in [-0.25, -0.2) is 0 Å². The first-order valence-corrected chi connectivity index (χ1v) is 4.60. The van der Waals surface area contributed by atoms with E-state index in [1.165, 1.54) is 6.08 Å². The van der Waals surface area contributed by atoms with Gasteiger partial charge in [0.15, 0.2) is 5.78 Å². The van der Waals surface area contributed by atoms with Crippen LogP contribution in [-0.4, -0.2) is 10.8 Å². The van der Waals surface area contributed by atoms with Gasteiger partial charge in [0.25, 0.3) is 0 Å². The molecule has 0 aliphatic rings. The van der Waals surface area contributed by atoms with Crippen molar-refractivity contribution in [3.63, 3.8) is 0 Å². The van der Waals surface area contributed by atoms with E-state index in [4.69, 9.17) is 5.26 Å². The van der Waals surface area contributed by atoms with E-state index < -0.39 is 5.41 Å². The van der Waals surface area contributed by atoms with Gasteiger partial charge in [-0.2, -0.15) is 5.26 Å². The van der Waals surface area contributed by atoms with Crippen molar-refractivity contribution in [1.82, 2.24) is 4.98 Å². The Hall–Kier alpha value is -1.95. The summed E-state index contributed by atoms with van der Waals surface area (Å²) in [6.07, 6.45) is 6.42. The monoisotopic (exact) mass is 200 g/mol. The van der Waals surface area contributed by atoms with Crippen molar-refractivity contribution < 1.29 is 4.79 Å². The lowest BCUT2D eigenvalue weighted by atomic mass is 9.89. The molecular formula is C12H12N2O. The Kier molecular flexibility index (Phi) is 3.35. The number of nitriles is 1. The maximum absolute atomic E-state index is 11.5. The van der Waals surface area contributed by atoms with E-state index in [-0.39, 0.29) is 5.78 Å². The second-order valence-corrected chi connectivity index (χ2v) is 3.71. The van der Waals surface area contributed by atoms with Gasteiger partial charge in [0.05, 0.1) is 6.07 Å². The van der Waals surface area contributed by atoms with Crippen LogP contribution in [0.15, 0.2) is 30.6 Å². The third-order valence-electron chi connectivity index (χ3n) is 2.03. The number of hydrogen-bond donors (Lipinski definition) is 0. The number of nitrogens with zero attached hydrogens (tertiary/aromatic N) is 2. The summed E-state index contributed by atoms with van der Waals surface area (Å²) in [6, 6.07) is 5.55. The summed E-state index contributed by atoms with van der Waals surface area (Å²) in [5.41, 5.74) is -0.0594. The van der Waals surface area contributed by atoms with E-state index in [0.29, 0.717) is 0 Å². The molecule has 0 aliphatic carbocycles. The molecule has 15 heavy (non-hydrogen) atoms. The molecule has 3 nitrogen and oxygen atoms in total. The maximum atomic E-state index is 11.5. The third kappa shape index (κ3) is 3.03. The quantitative estimate of drug-likeness (QED) is 0.703.